The summed E-state index contributed by atoms with van der Waals surface area (Å²) >= 11 is 0. The summed E-state index contributed by atoms with van der Waals surface area (Å²) in [7, 11) is 0. The Hall–Kier alpha value is -1.36. The second kappa shape index (κ2) is 3.16. The molecular formula is C6H8O5. The van der Waals surface area contributed by atoms with Crippen LogP contribution in [-0.2, 0) is 14.3 Å². The number of aliphatic carboxylic acids is 1. The van der Waals surface area contributed by atoms with Crippen molar-refractivity contribution in [1.29, 1.82) is 0 Å². The van der Waals surface area contributed by atoms with Gasteiger partial charge in [-0.2, -0.15) is 0 Å². The third-order valence-electron chi connectivity index (χ3n) is 0.863. The number of esters is 1. The second-order valence-electron chi connectivity index (χ2n) is 1.91. The summed E-state index contributed by atoms with van der Waals surface area (Å²) in [5.74, 6) is -5.10. The smallest absolute Gasteiger partial charge is 0.376 e. The highest BCUT2D eigenvalue weighted by molar-refractivity contribution is 5.85. The van der Waals surface area contributed by atoms with Crippen molar-refractivity contribution in [2.75, 3.05) is 0 Å². The third-order valence-corrected chi connectivity index (χ3v) is 0.863. The molecule has 0 radical (unpaired) electrons. The van der Waals surface area contributed by atoms with Gasteiger partial charge in [0.25, 0.3) is 0 Å². The van der Waals surface area contributed by atoms with Crippen LogP contribution in [0.2, 0.25) is 0 Å². The van der Waals surface area contributed by atoms with Crippen LogP contribution in [-0.4, -0.2) is 27.9 Å². The molecule has 0 bridgehead atoms. The summed E-state index contributed by atoms with van der Waals surface area (Å²) in [6, 6.07) is 0. The lowest BCUT2D eigenvalue weighted by molar-refractivity contribution is -0.214. The fraction of sp³-hybridized carbons (Fsp3) is 0.333. The molecule has 0 saturated heterocycles. The number of aliphatic hydroxyl groups is 1. The van der Waals surface area contributed by atoms with E-state index in [0.717, 1.165) is 13.0 Å². The zero-order valence-electron chi connectivity index (χ0n) is 5.90. The summed E-state index contributed by atoms with van der Waals surface area (Å²) in [4.78, 5) is 20.5. The first-order valence-electron chi connectivity index (χ1n) is 2.71. The lowest BCUT2D eigenvalue weighted by atomic mass is 10.3. The number of carboxylic acid groups (broad SMARTS) is 1. The highest BCUT2D eigenvalue weighted by atomic mass is 16.7. The van der Waals surface area contributed by atoms with Gasteiger partial charge in [0.2, 0.25) is 0 Å². The summed E-state index contributed by atoms with van der Waals surface area (Å²) in [5.41, 5.74) is 0. The molecule has 62 valence electrons. The Labute approximate surface area is 62.9 Å². The van der Waals surface area contributed by atoms with E-state index in [1.54, 1.807) is 0 Å². The molecule has 0 heterocycles. The minimum absolute atomic E-state index is 0.761. The van der Waals surface area contributed by atoms with Crippen LogP contribution >= 0.6 is 0 Å². The van der Waals surface area contributed by atoms with E-state index in [9.17, 15) is 9.59 Å². The Bertz CT molecular complexity index is 193. The molecule has 5 nitrogen and oxygen atoms in total. The Morgan fingerprint density at radius 3 is 2.36 bits per heavy atom. The van der Waals surface area contributed by atoms with Crippen molar-refractivity contribution in [1.82, 2.24) is 0 Å². The number of rotatable bonds is 3. The summed E-state index contributed by atoms with van der Waals surface area (Å²) in [6.07, 6.45) is 0.761. The van der Waals surface area contributed by atoms with Gasteiger partial charge >= 0.3 is 17.7 Å². The number of carboxylic acids is 1. The van der Waals surface area contributed by atoms with E-state index in [-0.39, 0.29) is 0 Å². The van der Waals surface area contributed by atoms with E-state index < -0.39 is 17.7 Å². The predicted octanol–water partition coefficient (Wildman–Crippen LogP) is -0.491. The fourth-order valence-corrected chi connectivity index (χ4v) is 0.281. The van der Waals surface area contributed by atoms with Gasteiger partial charge < -0.3 is 14.9 Å². The van der Waals surface area contributed by atoms with Crippen LogP contribution in [0, 0.1) is 0 Å². The molecular weight excluding hydrogens is 152 g/mol. The molecule has 0 aromatic heterocycles. The molecule has 0 aliphatic rings. The minimum atomic E-state index is -2.48. The average molecular weight is 160 g/mol. The standard InChI is InChI=1S/C6H8O5/c1-3-4(7)11-6(2,10)5(8)9/h3,10H,1H2,2H3,(H,8,9). The number of ether oxygens (including phenoxy) is 1. The van der Waals surface area contributed by atoms with E-state index in [1.165, 1.54) is 0 Å². The summed E-state index contributed by atoms with van der Waals surface area (Å²) < 4.78 is 4.05. The quantitative estimate of drug-likeness (QED) is 0.330. The van der Waals surface area contributed by atoms with Crippen molar-refractivity contribution in [3.05, 3.63) is 12.7 Å². The highest BCUT2D eigenvalue weighted by Crippen LogP contribution is 2.05. The molecule has 0 fully saturated rings. The first-order valence-corrected chi connectivity index (χ1v) is 2.71. The van der Waals surface area contributed by atoms with Crippen LogP contribution in [0.3, 0.4) is 0 Å². The molecule has 5 heteroatoms. The molecule has 0 aromatic carbocycles. The Morgan fingerprint density at radius 1 is 1.64 bits per heavy atom. The molecule has 0 aliphatic heterocycles. The van der Waals surface area contributed by atoms with Crippen LogP contribution < -0.4 is 0 Å². The minimum Gasteiger partial charge on any atom is -0.476 e. The van der Waals surface area contributed by atoms with Crippen LogP contribution in [0.1, 0.15) is 6.92 Å². The molecule has 0 spiro atoms. The zero-order valence-corrected chi connectivity index (χ0v) is 5.90. The first kappa shape index (κ1) is 9.64. The van der Waals surface area contributed by atoms with Gasteiger partial charge in [-0.05, 0) is 0 Å². The maximum Gasteiger partial charge on any atom is 0.376 e. The number of carbonyl (C=O) groups excluding carboxylic acids is 1. The predicted molar refractivity (Wildman–Crippen MR) is 34.5 cm³/mol. The van der Waals surface area contributed by atoms with Crippen LogP contribution in [0.15, 0.2) is 12.7 Å². The first-order chi connectivity index (χ1) is 4.90. The molecule has 1 unspecified atom stereocenters. The van der Waals surface area contributed by atoms with E-state index in [4.69, 9.17) is 10.2 Å². The second-order valence-corrected chi connectivity index (χ2v) is 1.91. The fourth-order valence-electron chi connectivity index (χ4n) is 0.281. The molecule has 11 heavy (non-hydrogen) atoms. The van der Waals surface area contributed by atoms with Crippen LogP contribution in [0.4, 0.5) is 0 Å². The van der Waals surface area contributed by atoms with Gasteiger partial charge in [-0.15, -0.1) is 0 Å². The number of carbonyl (C=O) groups is 2. The molecule has 1 atom stereocenters. The van der Waals surface area contributed by atoms with E-state index in [1.807, 2.05) is 0 Å². The molecule has 0 aliphatic carbocycles. The SMILES string of the molecule is C=CC(=O)OC(C)(O)C(=O)O. The molecule has 0 aromatic rings. The van der Waals surface area contributed by atoms with Gasteiger partial charge in [-0.1, -0.05) is 6.58 Å². The van der Waals surface area contributed by atoms with Crippen molar-refractivity contribution in [2.24, 2.45) is 0 Å². The van der Waals surface area contributed by atoms with Gasteiger partial charge in [-0.3, -0.25) is 0 Å². The zero-order chi connectivity index (χ0) is 9.07. The van der Waals surface area contributed by atoms with E-state index >= 15 is 0 Å². The Morgan fingerprint density at radius 2 is 2.09 bits per heavy atom. The van der Waals surface area contributed by atoms with Crippen molar-refractivity contribution >= 4 is 11.9 Å². The monoisotopic (exact) mass is 160 g/mol. The average Bonchev–Trinajstić information content (AvgIpc) is 1.86. The van der Waals surface area contributed by atoms with Crippen molar-refractivity contribution < 1.29 is 24.5 Å². The lowest BCUT2D eigenvalue weighted by Crippen LogP contribution is -2.39. The largest absolute Gasteiger partial charge is 0.476 e. The third kappa shape index (κ3) is 2.81. The topological polar surface area (TPSA) is 83.8 Å². The van der Waals surface area contributed by atoms with Gasteiger partial charge in [0.1, 0.15) is 0 Å². The summed E-state index contributed by atoms with van der Waals surface area (Å²) in [5, 5.41) is 17.0. The van der Waals surface area contributed by atoms with E-state index in [0.29, 0.717) is 0 Å². The number of hydrogen-bond acceptors (Lipinski definition) is 4. The summed E-state index contributed by atoms with van der Waals surface area (Å²) in [6.45, 7) is 3.87. The maximum atomic E-state index is 10.4. The normalized spacial score (nSPS) is 14.7. The van der Waals surface area contributed by atoms with Crippen molar-refractivity contribution in [3.8, 4) is 0 Å². The van der Waals surface area contributed by atoms with Crippen LogP contribution in [0.25, 0.3) is 0 Å². The maximum absolute atomic E-state index is 10.4. The van der Waals surface area contributed by atoms with E-state index in [2.05, 4.69) is 11.3 Å². The van der Waals surface area contributed by atoms with Crippen LogP contribution in [0.5, 0.6) is 0 Å². The molecule has 0 amide bonds. The van der Waals surface area contributed by atoms with Gasteiger partial charge in [0.15, 0.2) is 0 Å². The lowest BCUT2D eigenvalue weighted by Gasteiger charge is -2.16. The van der Waals surface area contributed by atoms with Gasteiger partial charge in [-0.25, -0.2) is 9.59 Å². The van der Waals surface area contributed by atoms with Crippen molar-refractivity contribution in [2.45, 2.75) is 12.7 Å². The highest BCUT2D eigenvalue weighted by Gasteiger charge is 2.33. The van der Waals surface area contributed by atoms with Gasteiger partial charge in [0, 0.05) is 13.0 Å². The number of hydrogen-bond donors (Lipinski definition) is 2. The molecule has 0 saturated carbocycles. The molecule has 2 N–H and O–H groups in total. The Balaban J connectivity index is 4.23. The molecule has 0 rings (SSSR count). The Kier molecular flexibility index (Phi) is 2.77. The van der Waals surface area contributed by atoms with Crippen molar-refractivity contribution in [3.63, 3.8) is 0 Å². The van der Waals surface area contributed by atoms with Gasteiger partial charge in [0.05, 0.1) is 0 Å².